The molecule has 0 unspecified atom stereocenters. The van der Waals surface area contributed by atoms with E-state index in [-0.39, 0.29) is 5.41 Å². The van der Waals surface area contributed by atoms with Crippen molar-refractivity contribution < 1.29 is 0 Å². The van der Waals surface area contributed by atoms with Crippen molar-refractivity contribution in [3.8, 4) is 39.1 Å². The third-order valence-corrected chi connectivity index (χ3v) is 11.4. The summed E-state index contributed by atoms with van der Waals surface area (Å²) < 4.78 is 2.56. The topological polar surface area (TPSA) is 4.93 Å². The number of nitrogens with zero attached hydrogens (tertiary/aromatic N) is 1. The van der Waals surface area contributed by atoms with Gasteiger partial charge in [-0.1, -0.05) is 117 Å². The minimum atomic E-state index is -0.00891. The minimum absolute atomic E-state index is 0.00891. The Labute approximate surface area is 267 Å². The van der Waals surface area contributed by atoms with Crippen molar-refractivity contribution in [1.29, 1.82) is 0 Å². The van der Waals surface area contributed by atoms with Gasteiger partial charge in [-0.25, -0.2) is 0 Å². The molecule has 0 saturated heterocycles. The molecular weight excluding hydrogens is 555 g/mol. The van der Waals surface area contributed by atoms with Crippen molar-refractivity contribution in [2.75, 3.05) is 0 Å². The Morgan fingerprint density at radius 1 is 0.543 bits per heavy atom. The highest BCUT2D eigenvalue weighted by atomic mass is 15.0. The first-order valence-corrected chi connectivity index (χ1v) is 16.6. The summed E-state index contributed by atoms with van der Waals surface area (Å²) in [6, 6.07) is 46.0. The lowest BCUT2D eigenvalue weighted by atomic mass is 9.82. The van der Waals surface area contributed by atoms with Gasteiger partial charge in [-0.3, -0.25) is 0 Å². The predicted octanol–water partition coefficient (Wildman–Crippen LogP) is 11.1. The number of rotatable bonds is 2. The van der Waals surface area contributed by atoms with Crippen LogP contribution in [-0.4, -0.2) is 4.57 Å². The van der Waals surface area contributed by atoms with E-state index in [0.29, 0.717) is 0 Å². The van der Waals surface area contributed by atoms with Crippen molar-refractivity contribution in [2.45, 2.75) is 32.1 Å². The second-order valence-electron chi connectivity index (χ2n) is 13.9. The lowest BCUT2D eigenvalue weighted by molar-refractivity contribution is 0.660. The molecule has 46 heavy (non-hydrogen) atoms. The highest BCUT2D eigenvalue weighted by molar-refractivity contribution is 6.34. The molecule has 6 aromatic carbocycles. The van der Waals surface area contributed by atoms with Crippen LogP contribution >= 0.6 is 0 Å². The molecule has 0 amide bonds. The molecule has 1 heterocycles. The molecule has 0 spiro atoms. The molecule has 0 fully saturated rings. The van der Waals surface area contributed by atoms with E-state index in [0.717, 1.165) is 12.8 Å². The Morgan fingerprint density at radius 2 is 1.26 bits per heavy atom. The zero-order valence-electron chi connectivity index (χ0n) is 26.0. The second-order valence-corrected chi connectivity index (χ2v) is 13.9. The van der Waals surface area contributed by atoms with Gasteiger partial charge in [0.15, 0.2) is 0 Å². The van der Waals surface area contributed by atoms with Gasteiger partial charge in [0, 0.05) is 27.4 Å². The number of aromatic nitrogens is 1. The molecule has 1 heteroatoms. The van der Waals surface area contributed by atoms with Crippen LogP contribution in [0.2, 0.25) is 0 Å². The molecule has 1 nitrogen and oxygen atoms in total. The van der Waals surface area contributed by atoms with Gasteiger partial charge in [-0.05, 0) is 108 Å². The second kappa shape index (κ2) is 8.44. The molecule has 4 aliphatic carbocycles. The molecule has 0 aliphatic heterocycles. The number of hydrogen-bond donors (Lipinski definition) is 0. The molecule has 0 bridgehead atoms. The Kier molecular flexibility index (Phi) is 4.56. The zero-order valence-corrected chi connectivity index (χ0v) is 26.0. The fourth-order valence-electron chi connectivity index (χ4n) is 9.43. The summed E-state index contributed by atoms with van der Waals surface area (Å²) in [5.74, 6) is 0. The van der Waals surface area contributed by atoms with Crippen molar-refractivity contribution in [2.24, 2.45) is 0 Å². The lowest BCUT2D eigenvalue weighted by Crippen LogP contribution is -2.14. The summed E-state index contributed by atoms with van der Waals surface area (Å²) in [7, 11) is 0. The molecular formula is C45H31N. The summed E-state index contributed by atoms with van der Waals surface area (Å²) in [6.07, 6.45) is 4.67. The Morgan fingerprint density at radius 3 is 2.15 bits per heavy atom. The van der Waals surface area contributed by atoms with Crippen LogP contribution in [0.25, 0.3) is 88.5 Å². The number of fused-ring (bicyclic) bond motifs is 6. The summed E-state index contributed by atoms with van der Waals surface area (Å²) in [5, 5.41) is 9.69. The van der Waals surface area contributed by atoms with Gasteiger partial charge in [0.1, 0.15) is 0 Å². The van der Waals surface area contributed by atoms with Crippen LogP contribution in [0.15, 0.2) is 121 Å². The van der Waals surface area contributed by atoms with E-state index >= 15 is 0 Å². The van der Waals surface area contributed by atoms with Crippen LogP contribution in [0.4, 0.5) is 0 Å². The SMILES string of the molecule is CC1(C)c2ccccc2-c2cc(-n3c4ccc5c6c4c4c7c(ccc43)CCC=c7c(-c3ccccc3)c-6c3ccccc35)ccc21. The predicted molar refractivity (Wildman–Crippen MR) is 195 cm³/mol. The maximum atomic E-state index is 2.56. The van der Waals surface area contributed by atoms with Crippen LogP contribution in [0.1, 0.15) is 37.0 Å². The molecule has 4 aliphatic rings. The van der Waals surface area contributed by atoms with Gasteiger partial charge in [-0.15, -0.1) is 0 Å². The van der Waals surface area contributed by atoms with E-state index in [1.54, 1.807) is 0 Å². The van der Waals surface area contributed by atoms with Crippen molar-refractivity contribution in [1.82, 2.24) is 4.57 Å². The van der Waals surface area contributed by atoms with Gasteiger partial charge in [0.05, 0.1) is 11.0 Å². The summed E-state index contributed by atoms with van der Waals surface area (Å²) in [6.45, 7) is 4.73. The average molecular weight is 586 g/mol. The Balaban J connectivity index is 1.36. The van der Waals surface area contributed by atoms with E-state index in [1.165, 1.54) is 104 Å². The molecule has 7 aromatic rings. The monoisotopic (exact) mass is 585 g/mol. The standard InChI is InChI=1S/C45H31N/c1-45(2)35-18-9-8-15-30(35)34-25-28(20-22-36(34)45)46-37-23-19-27-13-10-17-33-39(26-11-4-3-5-12-26)41-31-16-7-6-14-29(31)32-21-24-38(46)44(42(32)41)43(37)40(27)33/h3-9,11-12,14-25H,10,13H2,1-2H3. The highest BCUT2D eigenvalue weighted by Crippen LogP contribution is 2.53. The normalized spacial score (nSPS) is 14.9. The number of hydrogen-bond acceptors (Lipinski definition) is 0. The zero-order chi connectivity index (χ0) is 30.3. The molecule has 0 N–H and O–H groups in total. The quantitative estimate of drug-likeness (QED) is 0.190. The van der Waals surface area contributed by atoms with Crippen molar-refractivity contribution >= 4 is 49.4 Å². The maximum Gasteiger partial charge on any atom is 0.0548 e. The fraction of sp³-hybridized carbons (Fsp3) is 0.111. The Bertz CT molecular complexity index is 2760. The van der Waals surface area contributed by atoms with Crippen LogP contribution in [-0.2, 0) is 11.8 Å². The highest BCUT2D eigenvalue weighted by Gasteiger charge is 2.36. The van der Waals surface area contributed by atoms with Gasteiger partial charge in [0.2, 0.25) is 0 Å². The Hall–Kier alpha value is -5.40. The molecule has 1 aromatic heterocycles. The summed E-state index contributed by atoms with van der Waals surface area (Å²) in [4.78, 5) is 0. The molecule has 216 valence electrons. The van der Waals surface area contributed by atoms with Crippen molar-refractivity contribution in [3.05, 3.63) is 143 Å². The van der Waals surface area contributed by atoms with Crippen LogP contribution < -0.4 is 5.22 Å². The van der Waals surface area contributed by atoms with Gasteiger partial charge >= 0.3 is 0 Å². The molecule has 0 saturated carbocycles. The molecule has 0 radical (unpaired) electrons. The summed E-state index contributed by atoms with van der Waals surface area (Å²) >= 11 is 0. The molecule has 11 rings (SSSR count). The first-order valence-electron chi connectivity index (χ1n) is 16.6. The van der Waals surface area contributed by atoms with Crippen LogP contribution in [0.3, 0.4) is 0 Å². The largest absolute Gasteiger partial charge is 0.309 e. The van der Waals surface area contributed by atoms with Crippen LogP contribution in [0.5, 0.6) is 0 Å². The van der Waals surface area contributed by atoms with Gasteiger partial charge < -0.3 is 4.57 Å². The van der Waals surface area contributed by atoms with E-state index < -0.39 is 0 Å². The number of benzene rings is 6. The van der Waals surface area contributed by atoms with Gasteiger partial charge in [-0.2, -0.15) is 0 Å². The van der Waals surface area contributed by atoms with Crippen molar-refractivity contribution in [3.63, 3.8) is 0 Å². The smallest absolute Gasteiger partial charge is 0.0548 e. The maximum absolute atomic E-state index is 2.56. The summed E-state index contributed by atoms with van der Waals surface area (Å²) in [5.41, 5.74) is 16.3. The average Bonchev–Trinajstić information content (AvgIpc) is 3.65. The number of aryl methyl sites for hydroxylation is 1. The fourth-order valence-corrected chi connectivity index (χ4v) is 9.43. The lowest BCUT2D eigenvalue weighted by Gasteiger charge is -2.21. The van der Waals surface area contributed by atoms with E-state index in [2.05, 4.69) is 146 Å². The molecule has 0 atom stereocenters. The third-order valence-electron chi connectivity index (χ3n) is 11.4. The van der Waals surface area contributed by atoms with E-state index in [1.807, 2.05) is 0 Å². The van der Waals surface area contributed by atoms with Gasteiger partial charge in [0.25, 0.3) is 0 Å². The third kappa shape index (κ3) is 2.88. The minimum Gasteiger partial charge on any atom is -0.309 e. The van der Waals surface area contributed by atoms with E-state index in [9.17, 15) is 0 Å². The first kappa shape index (κ1) is 24.9. The van der Waals surface area contributed by atoms with E-state index in [4.69, 9.17) is 0 Å². The first-order chi connectivity index (χ1) is 22.6. The van der Waals surface area contributed by atoms with Crippen LogP contribution in [0, 0.1) is 0 Å².